The minimum absolute atomic E-state index is 0.795. The van der Waals surface area contributed by atoms with E-state index in [0.717, 1.165) is 5.02 Å². The Hall–Kier alpha value is -1.27. The van der Waals surface area contributed by atoms with Crippen molar-refractivity contribution >= 4 is 11.6 Å². The van der Waals surface area contributed by atoms with E-state index in [1.807, 2.05) is 44.2 Å². The van der Waals surface area contributed by atoms with Crippen molar-refractivity contribution in [2.75, 3.05) is 0 Å². The maximum absolute atomic E-state index is 6.00. The highest BCUT2D eigenvalue weighted by atomic mass is 35.5. The van der Waals surface area contributed by atoms with Gasteiger partial charge in [-0.2, -0.15) is 0 Å². The van der Waals surface area contributed by atoms with E-state index in [4.69, 9.17) is 11.6 Å². The van der Waals surface area contributed by atoms with Crippen LogP contribution in [0, 0.1) is 6.92 Å². The fourth-order valence-electron chi connectivity index (χ4n) is 1.53. The summed E-state index contributed by atoms with van der Waals surface area (Å²) in [6, 6.07) is 16.4. The van der Waals surface area contributed by atoms with Gasteiger partial charge in [0.05, 0.1) is 0 Å². The molecule has 0 saturated carbocycles. The highest BCUT2D eigenvalue weighted by molar-refractivity contribution is 6.30. The average Bonchev–Trinajstić information content (AvgIpc) is 2.32. The van der Waals surface area contributed by atoms with Crippen molar-refractivity contribution in [1.29, 1.82) is 0 Å². The first-order valence-corrected chi connectivity index (χ1v) is 5.96. The van der Waals surface area contributed by atoms with Gasteiger partial charge in [-0.05, 0) is 35.7 Å². The Balaban J connectivity index is 0.000000606. The molecule has 0 unspecified atom stereocenters. The molecule has 0 spiro atoms. The summed E-state index contributed by atoms with van der Waals surface area (Å²) in [5.41, 5.74) is 3.57. The molecular formula is C15H17Cl. The topological polar surface area (TPSA) is 0 Å². The van der Waals surface area contributed by atoms with E-state index in [1.54, 1.807) is 0 Å². The Kier molecular flexibility index (Phi) is 5.07. The van der Waals surface area contributed by atoms with Crippen LogP contribution in [0.1, 0.15) is 19.4 Å². The Morgan fingerprint density at radius 1 is 0.812 bits per heavy atom. The van der Waals surface area contributed by atoms with Gasteiger partial charge in [0.15, 0.2) is 0 Å². The summed E-state index contributed by atoms with van der Waals surface area (Å²) in [4.78, 5) is 0. The van der Waals surface area contributed by atoms with Gasteiger partial charge < -0.3 is 0 Å². The molecule has 0 bridgehead atoms. The first-order valence-electron chi connectivity index (χ1n) is 5.58. The van der Waals surface area contributed by atoms with Crippen LogP contribution >= 0.6 is 11.6 Å². The Bertz CT molecular complexity index is 412. The van der Waals surface area contributed by atoms with Crippen LogP contribution < -0.4 is 0 Å². The van der Waals surface area contributed by atoms with E-state index in [2.05, 4.69) is 25.1 Å². The second-order valence-corrected chi connectivity index (χ2v) is 3.82. The van der Waals surface area contributed by atoms with E-state index in [9.17, 15) is 0 Å². The monoisotopic (exact) mass is 232 g/mol. The predicted molar refractivity (Wildman–Crippen MR) is 73.0 cm³/mol. The zero-order valence-corrected chi connectivity index (χ0v) is 10.8. The minimum Gasteiger partial charge on any atom is -0.0843 e. The maximum Gasteiger partial charge on any atom is 0.0414 e. The first kappa shape index (κ1) is 12.8. The Morgan fingerprint density at radius 3 is 2.00 bits per heavy atom. The molecule has 0 aliphatic rings. The summed E-state index contributed by atoms with van der Waals surface area (Å²) in [5, 5.41) is 0.795. The minimum atomic E-state index is 0.795. The number of halogens is 1. The van der Waals surface area contributed by atoms with Gasteiger partial charge in [-0.25, -0.2) is 0 Å². The van der Waals surface area contributed by atoms with Crippen molar-refractivity contribution in [2.24, 2.45) is 0 Å². The number of rotatable bonds is 1. The third-order valence-electron chi connectivity index (χ3n) is 2.15. The molecule has 2 aromatic rings. The molecule has 0 fully saturated rings. The molecular weight excluding hydrogens is 216 g/mol. The van der Waals surface area contributed by atoms with Crippen LogP contribution in [0.2, 0.25) is 5.02 Å². The zero-order valence-electron chi connectivity index (χ0n) is 10.00. The zero-order chi connectivity index (χ0) is 12.0. The normalized spacial score (nSPS) is 9.25. The second kappa shape index (κ2) is 6.34. The van der Waals surface area contributed by atoms with Gasteiger partial charge in [-0.3, -0.25) is 0 Å². The van der Waals surface area contributed by atoms with Gasteiger partial charge in [-0.1, -0.05) is 61.8 Å². The first-order chi connectivity index (χ1) is 7.75. The molecule has 2 rings (SSSR count). The summed E-state index contributed by atoms with van der Waals surface area (Å²) >= 11 is 6.00. The SMILES string of the molecule is CC.Cc1cc(Cl)cc(-c2ccccc2)c1. The third-order valence-corrected chi connectivity index (χ3v) is 2.37. The second-order valence-electron chi connectivity index (χ2n) is 3.38. The average molecular weight is 233 g/mol. The van der Waals surface area contributed by atoms with E-state index in [1.165, 1.54) is 16.7 Å². The summed E-state index contributed by atoms with van der Waals surface area (Å²) in [6.07, 6.45) is 0. The van der Waals surface area contributed by atoms with Crippen LogP contribution in [0.5, 0.6) is 0 Å². The standard InChI is InChI=1S/C13H11Cl.C2H6/c1-10-7-12(9-13(14)8-10)11-5-3-2-4-6-11;1-2/h2-9H,1H3;1-2H3. The van der Waals surface area contributed by atoms with Gasteiger partial charge in [0.25, 0.3) is 0 Å². The van der Waals surface area contributed by atoms with Gasteiger partial charge >= 0.3 is 0 Å². The fourth-order valence-corrected chi connectivity index (χ4v) is 1.82. The molecule has 0 heterocycles. The predicted octanol–water partition coefficient (Wildman–Crippen LogP) is 5.34. The van der Waals surface area contributed by atoms with Crippen LogP contribution in [0.4, 0.5) is 0 Å². The van der Waals surface area contributed by atoms with Gasteiger partial charge in [0.1, 0.15) is 0 Å². The molecule has 0 nitrogen and oxygen atoms in total. The van der Waals surface area contributed by atoms with Crippen LogP contribution in [0.15, 0.2) is 48.5 Å². The van der Waals surface area contributed by atoms with E-state index >= 15 is 0 Å². The molecule has 0 aliphatic carbocycles. The smallest absolute Gasteiger partial charge is 0.0414 e. The van der Waals surface area contributed by atoms with Gasteiger partial charge in [0.2, 0.25) is 0 Å². The van der Waals surface area contributed by atoms with Crippen molar-refractivity contribution in [3.05, 3.63) is 59.1 Å². The molecule has 0 amide bonds. The van der Waals surface area contributed by atoms with Crippen LogP contribution in [0.3, 0.4) is 0 Å². The number of hydrogen-bond acceptors (Lipinski definition) is 0. The lowest BCUT2D eigenvalue weighted by Gasteiger charge is -2.03. The summed E-state index contributed by atoms with van der Waals surface area (Å²) in [5.74, 6) is 0. The van der Waals surface area contributed by atoms with Crippen LogP contribution in [0.25, 0.3) is 11.1 Å². The highest BCUT2D eigenvalue weighted by Gasteiger charge is 1.98. The summed E-state index contributed by atoms with van der Waals surface area (Å²) < 4.78 is 0. The molecule has 0 radical (unpaired) electrons. The summed E-state index contributed by atoms with van der Waals surface area (Å²) in [7, 11) is 0. The lowest BCUT2D eigenvalue weighted by Crippen LogP contribution is -1.79. The lowest BCUT2D eigenvalue weighted by molar-refractivity contribution is 1.47. The Morgan fingerprint density at radius 2 is 1.44 bits per heavy atom. The van der Waals surface area contributed by atoms with E-state index < -0.39 is 0 Å². The van der Waals surface area contributed by atoms with Crippen molar-refractivity contribution < 1.29 is 0 Å². The molecule has 0 saturated heterocycles. The third kappa shape index (κ3) is 3.39. The maximum atomic E-state index is 6.00. The lowest BCUT2D eigenvalue weighted by atomic mass is 10.0. The molecule has 2 aromatic carbocycles. The van der Waals surface area contributed by atoms with Crippen molar-refractivity contribution in [1.82, 2.24) is 0 Å². The number of benzene rings is 2. The molecule has 0 aliphatic heterocycles. The number of aryl methyl sites for hydroxylation is 1. The molecule has 0 aromatic heterocycles. The van der Waals surface area contributed by atoms with Crippen molar-refractivity contribution in [3.8, 4) is 11.1 Å². The van der Waals surface area contributed by atoms with E-state index in [-0.39, 0.29) is 0 Å². The number of hydrogen-bond donors (Lipinski definition) is 0. The molecule has 16 heavy (non-hydrogen) atoms. The largest absolute Gasteiger partial charge is 0.0843 e. The fraction of sp³-hybridized carbons (Fsp3) is 0.200. The van der Waals surface area contributed by atoms with E-state index in [0.29, 0.717) is 0 Å². The molecule has 1 heteroatoms. The summed E-state index contributed by atoms with van der Waals surface area (Å²) in [6.45, 7) is 6.05. The molecule has 84 valence electrons. The van der Waals surface area contributed by atoms with Crippen molar-refractivity contribution in [3.63, 3.8) is 0 Å². The van der Waals surface area contributed by atoms with Crippen LogP contribution in [-0.2, 0) is 0 Å². The Labute approximate surface area is 103 Å². The molecule has 0 N–H and O–H groups in total. The van der Waals surface area contributed by atoms with Crippen LogP contribution in [-0.4, -0.2) is 0 Å². The van der Waals surface area contributed by atoms with Crippen molar-refractivity contribution in [2.45, 2.75) is 20.8 Å². The quantitative estimate of drug-likeness (QED) is 0.623. The van der Waals surface area contributed by atoms with Gasteiger partial charge in [-0.15, -0.1) is 0 Å². The molecule has 0 atom stereocenters. The highest BCUT2D eigenvalue weighted by Crippen LogP contribution is 2.24. The van der Waals surface area contributed by atoms with Gasteiger partial charge in [0, 0.05) is 5.02 Å².